The van der Waals surface area contributed by atoms with Crippen LogP contribution in [0.3, 0.4) is 0 Å². The third kappa shape index (κ3) is 5.85. The van der Waals surface area contributed by atoms with E-state index >= 15 is 0 Å². The zero-order valence-corrected chi connectivity index (χ0v) is 16.6. The van der Waals surface area contributed by atoms with Gasteiger partial charge in [0.2, 0.25) is 5.91 Å². The van der Waals surface area contributed by atoms with Crippen molar-refractivity contribution < 1.29 is 19.1 Å². The number of hydrogen-bond donors (Lipinski definition) is 2. The average Bonchev–Trinajstić information content (AvgIpc) is 2.57. The van der Waals surface area contributed by atoms with Crippen molar-refractivity contribution in [3.8, 4) is 0 Å². The molecule has 0 aliphatic carbocycles. The number of carbonyl (C=O) groups excluding carboxylic acids is 3. The summed E-state index contributed by atoms with van der Waals surface area (Å²) >= 11 is 17.9. The van der Waals surface area contributed by atoms with Gasteiger partial charge in [-0.25, -0.2) is 4.79 Å². The highest BCUT2D eigenvalue weighted by molar-refractivity contribution is 6.42. The third-order valence-corrected chi connectivity index (χ3v) is 4.14. The first-order chi connectivity index (χ1) is 12.7. The number of rotatable bonds is 5. The molecule has 1 unspecified atom stereocenters. The van der Waals surface area contributed by atoms with Gasteiger partial charge >= 0.3 is 5.97 Å². The average molecular weight is 430 g/mol. The van der Waals surface area contributed by atoms with Crippen LogP contribution in [0.1, 0.15) is 24.2 Å². The molecule has 0 fully saturated rings. The normalized spacial score (nSPS) is 11.4. The van der Waals surface area contributed by atoms with Crippen molar-refractivity contribution in [2.45, 2.75) is 20.0 Å². The first-order valence-corrected chi connectivity index (χ1v) is 8.85. The third-order valence-electron chi connectivity index (χ3n) is 3.33. The molecule has 0 saturated heterocycles. The van der Waals surface area contributed by atoms with Crippen molar-refractivity contribution in [2.24, 2.45) is 0 Å². The fourth-order valence-corrected chi connectivity index (χ4v) is 3.01. The van der Waals surface area contributed by atoms with E-state index in [2.05, 4.69) is 10.6 Å². The van der Waals surface area contributed by atoms with Gasteiger partial charge in [0.25, 0.3) is 5.91 Å². The lowest BCUT2D eigenvalue weighted by molar-refractivity contribution is -0.123. The van der Waals surface area contributed by atoms with E-state index in [1.165, 1.54) is 38.1 Å². The van der Waals surface area contributed by atoms with E-state index in [4.69, 9.17) is 39.5 Å². The molecule has 0 radical (unpaired) electrons. The number of anilines is 2. The number of benzene rings is 2. The summed E-state index contributed by atoms with van der Waals surface area (Å²) in [5.41, 5.74) is 0.792. The molecule has 0 bridgehead atoms. The van der Waals surface area contributed by atoms with Gasteiger partial charge in [-0.15, -0.1) is 0 Å². The largest absolute Gasteiger partial charge is 0.449 e. The van der Waals surface area contributed by atoms with E-state index in [0.29, 0.717) is 10.7 Å². The number of carbonyl (C=O) groups is 3. The number of amides is 2. The predicted molar refractivity (Wildman–Crippen MR) is 106 cm³/mol. The first kappa shape index (κ1) is 21.0. The van der Waals surface area contributed by atoms with Crippen molar-refractivity contribution in [1.29, 1.82) is 0 Å². The summed E-state index contributed by atoms with van der Waals surface area (Å²) in [4.78, 5) is 35.6. The molecule has 1 atom stereocenters. The molecular formula is C18H15Cl3N2O4. The summed E-state index contributed by atoms with van der Waals surface area (Å²) in [6.45, 7) is 2.76. The fourth-order valence-electron chi connectivity index (χ4n) is 2.10. The second-order valence-corrected chi connectivity index (χ2v) is 6.79. The lowest BCUT2D eigenvalue weighted by Gasteiger charge is -2.15. The van der Waals surface area contributed by atoms with E-state index < -0.39 is 18.0 Å². The number of esters is 1. The molecule has 0 aromatic heterocycles. The van der Waals surface area contributed by atoms with Crippen LogP contribution >= 0.6 is 34.8 Å². The Morgan fingerprint density at radius 2 is 1.63 bits per heavy atom. The fraction of sp³-hybridized carbons (Fsp3) is 0.167. The highest BCUT2D eigenvalue weighted by atomic mass is 35.5. The maximum Gasteiger partial charge on any atom is 0.338 e. The van der Waals surface area contributed by atoms with Crippen molar-refractivity contribution in [2.75, 3.05) is 10.6 Å². The molecule has 6 nitrogen and oxygen atoms in total. The Morgan fingerprint density at radius 1 is 1.00 bits per heavy atom. The van der Waals surface area contributed by atoms with E-state index in [-0.39, 0.29) is 27.2 Å². The zero-order valence-electron chi connectivity index (χ0n) is 14.3. The van der Waals surface area contributed by atoms with E-state index in [0.717, 1.165) is 0 Å². The lowest BCUT2D eigenvalue weighted by Crippen LogP contribution is -2.30. The predicted octanol–water partition coefficient (Wildman–Crippen LogP) is 4.79. The van der Waals surface area contributed by atoms with Crippen LogP contribution in [0.15, 0.2) is 36.4 Å². The summed E-state index contributed by atoms with van der Waals surface area (Å²) in [5.74, 6) is -1.62. The minimum atomic E-state index is -1.12. The zero-order chi connectivity index (χ0) is 20.1. The first-order valence-electron chi connectivity index (χ1n) is 7.71. The molecule has 0 saturated carbocycles. The van der Waals surface area contributed by atoms with Crippen LogP contribution < -0.4 is 10.6 Å². The second-order valence-electron chi connectivity index (χ2n) is 5.54. The number of ether oxygens (including phenoxy) is 1. The van der Waals surface area contributed by atoms with Crippen LogP contribution in [0.25, 0.3) is 0 Å². The molecule has 2 rings (SSSR count). The molecule has 0 aliphatic heterocycles. The molecule has 2 N–H and O–H groups in total. The molecule has 142 valence electrons. The molecule has 0 heterocycles. The van der Waals surface area contributed by atoms with Gasteiger partial charge in [-0.2, -0.15) is 0 Å². The van der Waals surface area contributed by atoms with E-state index in [1.807, 2.05) is 0 Å². The van der Waals surface area contributed by atoms with Gasteiger partial charge < -0.3 is 15.4 Å². The van der Waals surface area contributed by atoms with Crippen molar-refractivity contribution in [3.05, 3.63) is 57.0 Å². The van der Waals surface area contributed by atoms with Crippen LogP contribution in [0.5, 0.6) is 0 Å². The maximum absolute atomic E-state index is 12.3. The van der Waals surface area contributed by atoms with Gasteiger partial charge in [0.1, 0.15) is 0 Å². The summed E-state index contributed by atoms with van der Waals surface area (Å²) in [6, 6.07) is 9.01. The molecular weight excluding hydrogens is 415 g/mol. The summed E-state index contributed by atoms with van der Waals surface area (Å²) in [5, 5.41) is 5.69. The number of hydrogen-bond acceptors (Lipinski definition) is 4. The Hall–Kier alpha value is -2.28. The Bertz CT molecular complexity index is 879. The van der Waals surface area contributed by atoms with E-state index in [1.54, 1.807) is 12.1 Å². The molecule has 0 aliphatic rings. The van der Waals surface area contributed by atoms with Gasteiger partial charge in [-0.1, -0.05) is 40.9 Å². The summed E-state index contributed by atoms with van der Waals surface area (Å²) in [6.07, 6.45) is -1.12. The second kappa shape index (κ2) is 9.08. The summed E-state index contributed by atoms with van der Waals surface area (Å²) < 4.78 is 5.16. The van der Waals surface area contributed by atoms with Crippen LogP contribution in [0.2, 0.25) is 15.1 Å². The molecule has 27 heavy (non-hydrogen) atoms. The monoisotopic (exact) mass is 428 g/mol. The van der Waals surface area contributed by atoms with Gasteiger partial charge in [0.05, 0.1) is 21.3 Å². The molecule has 9 heteroatoms. The van der Waals surface area contributed by atoms with Crippen LogP contribution in [-0.2, 0) is 14.3 Å². The topological polar surface area (TPSA) is 84.5 Å². The van der Waals surface area contributed by atoms with Crippen molar-refractivity contribution in [3.63, 3.8) is 0 Å². The SMILES string of the molecule is CC(=O)Nc1cccc(C(=O)OC(C)C(=O)Nc2c(Cl)cc(Cl)cc2Cl)c1. The Balaban J connectivity index is 2.06. The minimum absolute atomic E-state index is 0.155. The van der Waals surface area contributed by atoms with Crippen molar-refractivity contribution >= 4 is 64.0 Å². The molecule has 2 aromatic rings. The van der Waals surface area contributed by atoms with Crippen molar-refractivity contribution in [1.82, 2.24) is 0 Å². The Morgan fingerprint density at radius 3 is 2.22 bits per heavy atom. The summed E-state index contributed by atoms with van der Waals surface area (Å²) in [7, 11) is 0. The molecule has 0 spiro atoms. The molecule has 2 aromatic carbocycles. The van der Waals surface area contributed by atoms with Gasteiger partial charge in [-0.05, 0) is 37.3 Å². The van der Waals surface area contributed by atoms with Crippen LogP contribution in [-0.4, -0.2) is 23.9 Å². The number of halogens is 3. The number of nitrogens with one attached hydrogen (secondary N) is 2. The Kier molecular flexibility index (Phi) is 7.07. The van der Waals surface area contributed by atoms with Gasteiger partial charge in [0, 0.05) is 17.6 Å². The minimum Gasteiger partial charge on any atom is -0.449 e. The quantitative estimate of drug-likeness (QED) is 0.669. The smallest absolute Gasteiger partial charge is 0.338 e. The van der Waals surface area contributed by atoms with Gasteiger partial charge in [-0.3, -0.25) is 9.59 Å². The highest BCUT2D eigenvalue weighted by Crippen LogP contribution is 2.33. The van der Waals surface area contributed by atoms with Crippen LogP contribution in [0.4, 0.5) is 11.4 Å². The standard InChI is InChI=1S/C18H15Cl3N2O4/c1-9(17(25)23-16-14(20)7-12(19)8-15(16)21)27-18(26)11-4-3-5-13(6-11)22-10(2)24/h3-9H,1-2H3,(H,22,24)(H,23,25). The lowest BCUT2D eigenvalue weighted by atomic mass is 10.2. The van der Waals surface area contributed by atoms with Crippen LogP contribution in [0, 0.1) is 0 Å². The van der Waals surface area contributed by atoms with Gasteiger partial charge in [0.15, 0.2) is 6.10 Å². The maximum atomic E-state index is 12.3. The van der Waals surface area contributed by atoms with E-state index in [9.17, 15) is 14.4 Å². The Labute approximate surface area is 170 Å². The highest BCUT2D eigenvalue weighted by Gasteiger charge is 2.21. The molecule has 2 amide bonds.